The fourth-order valence-corrected chi connectivity index (χ4v) is 2.34. The lowest BCUT2D eigenvalue weighted by Crippen LogP contribution is -2.29. The van der Waals surface area contributed by atoms with Crippen LogP contribution in [0.5, 0.6) is 0 Å². The lowest BCUT2D eigenvalue weighted by atomic mass is 10.1. The standard InChI is InChI=1S/C16H10ClF2N/c17-12-5-3-4-11(10-12)8-9-15-16(18,19)13-6-1-2-7-14(13)20-15/h1-7,10,15,20H. The van der Waals surface area contributed by atoms with Gasteiger partial charge in [-0.25, -0.2) is 0 Å². The molecule has 2 aromatic carbocycles. The number of rotatable bonds is 0. The van der Waals surface area contributed by atoms with Crippen LogP contribution < -0.4 is 5.32 Å². The van der Waals surface area contributed by atoms with Crippen LogP contribution >= 0.6 is 11.6 Å². The topological polar surface area (TPSA) is 12.0 Å². The fraction of sp³-hybridized carbons (Fsp3) is 0.125. The Balaban J connectivity index is 1.91. The van der Waals surface area contributed by atoms with E-state index in [4.69, 9.17) is 11.6 Å². The number of nitrogens with one attached hydrogen (secondary N) is 1. The Hall–Kier alpha value is -2.05. The Bertz CT molecular complexity index is 716. The van der Waals surface area contributed by atoms with Gasteiger partial charge in [-0.05, 0) is 24.3 Å². The number of halogens is 3. The summed E-state index contributed by atoms with van der Waals surface area (Å²) in [6.07, 6.45) is 0. The number of para-hydroxylation sites is 1. The molecule has 4 heteroatoms. The first-order valence-corrected chi connectivity index (χ1v) is 6.46. The van der Waals surface area contributed by atoms with Gasteiger partial charge in [-0.2, -0.15) is 8.78 Å². The van der Waals surface area contributed by atoms with Gasteiger partial charge in [0.2, 0.25) is 0 Å². The molecule has 1 heterocycles. The minimum Gasteiger partial charge on any atom is -0.366 e. The first-order valence-electron chi connectivity index (χ1n) is 6.08. The van der Waals surface area contributed by atoms with Gasteiger partial charge in [0.1, 0.15) is 0 Å². The average molecular weight is 290 g/mol. The van der Waals surface area contributed by atoms with Crippen LogP contribution in [0.4, 0.5) is 14.5 Å². The maximum absolute atomic E-state index is 14.2. The zero-order chi connectivity index (χ0) is 14.2. The molecule has 100 valence electrons. The van der Waals surface area contributed by atoms with Crippen LogP contribution in [0.3, 0.4) is 0 Å². The lowest BCUT2D eigenvalue weighted by molar-refractivity contribution is 0.000141. The summed E-state index contributed by atoms with van der Waals surface area (Å²) >= 11 is 5.84. The lowest BCUT2D eigenvalue weighted by Gasteiger charge is -2.13. The van der Waals surface area contributed by atoms with Crippen molar-refractivity contribution in [2.75, 3.05) is 5.32 Å². The molecule has 0 aliphatic carbocycles. The van der Waals surface area contributed by atoms with E-state index in [9.17, 15) is 8.78 Å². The summed E-state index contributed by atoms with van der Waals surface area (Å²) in [7, 11) is 0. The predicted molar refractivity (Wildman–Crippen MR) is 76.1 cm³/mol. The molecule has 2 aromatic rings. The molecule has 0 spiro atoms. The molecule has 0 saturated carbocycles. The molecule has 0 radical (unpaired) electrons. The van der Waals surface area contributed by atoms with Crippen LogP contribution in [0.1, 0.15) is 11.1 Å². The monoisotopic (exact) mass is 289 g/mol. The van der Waals surface area contributed by atoms with Crippen LogP contribution in [0.25, 0.3) is 0 Å². The summed E-state index contributed by atoms with van der Waals surface area (Å²) in [6.45, 7) is 0. The van der Waals surface area contributed by atoms with Crippen LogP contribution in [0.2, 0.25) is 5.02 Å². The molecule has 0 bridgehead atoms. The van der Waals surface area contributed by atoms with Gasteiger partial charge in [-0.3, -0.25) is 0 Å². The van der Waals surface area contributed by atoms with Crippen molar-refractivity contribution >= 4 is 17.3 Å². The second kappa shape index (κ2) is 4.81. The van der Waals surface area contributed by atoms with Crippen molar-refractivity contribution < 1.29 is 8.78 Å². The van der Waals surface area contributed by atoms with E-state index in [1.807, 2.05) is 0 Å². The van der Waals surface area contributed by atoms with Crippen molar-refractivity contribution in [2.24, 2.45) is 0 Å². The van der Waals surface area contributed by atoms with Gasteiger partial charge in [0, 0.05) is 21.8 Å². The van der Waals surface area contributed by atoms with Crippen molar-refractivity contribution in [2.45, 2.75) is 12.0 Å². The summed E-state index contributed by atoms with van der Waals surface area (Å²) in [5.41, 5.74) is 1.04. The van der Waals surface area contributed by atoms with Crippen molar-refractivity contribution in [3.63, 3.8) is 0 Å². The van der Waals surface area contributed by atoms with Crippen LogP contribution in [0.15, 0.2) is 48.5 Å². The van der Waals surface area contributed by atoms with Crippen molar-refractivity contribution in [1.82, 2.24) is 0 Å². The highest BCUT2D eigenvalue weighted by molar-refractivity contribution is 6.30. The zero-order valence-electron chi connectivity index (χ0n) is 10.3. The van der Waals surface area contributed by atoms with Crippen molar-refractivity contribution in [1.29, 1.82) is 0 Å². The highest BCUT2D eigenvalue weighted by Crippen LogP contribution is 2.43. The predicted octanol–water partition coefficient (Wildman–Crippen LogP) is 4.28. The molecule has 1 aliphatic rings. The van der Waals surface area contributed by atoms with E-state index in [0.29, 0.717) is 16.3 Å². The van der Waals surface area contributed by atoms with Crippen LogP contribution in [-0.2, 0) is 5.92 Å². The van der Waals surface area contributed by atoms with Gasteiger partial charge in [0.25, 0.3) is 0 Å². The number of alkyl halides is 2. The number of hydrogen-bond donors (Lipinski definition) is 1. The number of anilines is 1. The minimum absolute atomic E-state index is 0.00889. The Morgan fingerprint density at radius 1 is 1.10 bits per heavy atom. The Labute approximate surface area is 120 Å². The van der Waals surface area contributed by atoms with E-state index in [1.54, 1.807) is 42.5 Å². The summed E-state index contributed by atoms with van der Waals surface area (Å²) in [5, 5.41) is 3.29. The average Bonchev–Trinajstić information content (AvgIpc) is 2.68. The third kappa shape index (κ3) is 2.23. The minimum atomic E-state index is -3.00. The van der Waals surface area contributed by atoms with Gasteiger partial charge in [0.05, 0.1) is 0 Å². The molecular weight excluding hydrogens is 280 g/mol. The molecule has 1 unspecified atom stereocenters. The second-order valence-electron chi connectivity index (χ2n) is 4.53. The fourth-order valence-electron chi connectivity index (χ4n) is 2.15. The van der Waals surface area contributed by atoms with Gasteiger partial charge >= 0.3 is 5.92 Å². The van der Waals surface area contributed by atoms with E-state index in [1.165, 1.54) is 6.07 Å². The maximum atomic E-state index is 14.2. The molecule has 1 nitrogen and oxygen atoms in total. The van der Waals surface area contributed by atoms with Crippen LogP contribution in [0, 0.1) is 11.8 Å². The third-order valence-electron chi connectivity index (χ3n) is 3.13. The summed E-state index contributed by atoms with van der Waals surface area (Å²) in [6, 6.07) is 12.0. The van der Waals surface area contributed by atoms with E-state index in [2.05, 4.69) is 17.2 Å². The molecule has 0 aromatic heterocycles. The molecule has 0 fully saturated rings. The maximum Gasteiger partial charge on any atom is 0.306 e. The van der Waals surface area contributed by atoms with E-state index >= 15 is 0 Å². The highest BCUT2D eigenvalue weighted by Gasteiger charge is 2.47. The molecule has 1 aliphatic heterocycles. The van der Waals surface area contributed by atoms with E-state index < -0.39 is 12.0 Å². The van der Waals surface area contributed by atoms with Gasteiger partial charge in [-0.1, -0.05) is 47.7 Å². The van der Waals surface area contributed by atoms with E-state index in [0.717, 1.165) is 0 Å². The van der Waals surface area contributed by atoms with Gasteiger partial charge < -0.3 is 5.32 Å². The number of hydrogen-bond acceptors (Lipinski definition) is 1. The quantitative estimate of drug-likeness (QED) is 0.714. The third-order valence-corrected chi connectivity index (χ3v) is 3.37. The molecular formula is C16H10ClF2N. The van der Waals surface area contributed by atoms with E-state index in [-0.39, 0.29) is 5.56 Å². The summed E-state index contributed by atoms with van der Waals surface area (Å²) < 4.78 is 28.4. The summed E-state index contributed by atoms with van der Waals surface area (Å²) in [5.74, 6) is 2.34. The second-order valence-corrected chi connectivity index (χ2v) is 4.96. The molecule has 0 saturated heterocycles. The highest BCUT2D eigenvalue weighted by atomic mass is 35.5. The largest absolute Gasteiger partial charge is 0.366 e. The summed E-state index contributed by atoms with van der Waals surface area (Å²) in [4.78, 5) is 0. The van der Waals surface area contributed by atoms with Crippen molar-refractivity contribution in [3.05, 3.63) is 64.7 Å². The first kappa shape index (κ1) is 13.0. The Morgan fingerprint density at radius 3 is 2.65 bits per heavy atom. The zero-order valence-corrected chi connectivity index (χ0v) is 11.1. The van der Waals surface area contributed by atoms with Gasteiger partial charge in [0.15, 0.2) is 6.04 Å². The van der Waals surface area contributed by atoms with Crippen LogP contribution in [-0.4, -0.2) is 6.04 Å². The van der Waals surface area contributed by atoms with Gasteiger partial charge in [-0.15, -0.1) is 0 Å². The molecule has 1 N–H and O–H groups in total. The SMILES string of the molecule is FC1(F)c2ccccc2NC1C#Cc1cccc(Cl)c1. The molecule has 1 atom stereocenters. The van der Waals surface area contributed by atoms with Crippen molar-refractivity contribution in [3.8, 4) is 11.8 Å². The normalized spacial score (nSPS) is 18.6. The molecule has 0 amide bonds. The molecule has 3 rings (SSSR count). The first-order chi connectivity index (χ1) is 9.57. The number of fused-ring (bicyclic) bond motifs is 1. The Kier molecular flexibility index (Phi) is 3.11. The Morgan fingerprint density at radius 2 is 1.90 bits per heavy atom. The smallest absolute Gasteiger partial charge is 0.306 e. The number of benzene rings is 2. The molecule has 20 heavy (non-hydrogen) atoms.